The molecule has 2 heterocycles. The van der Waals surface area contributed by atoms with Crippen LogP contribution in [0.5, 0.6) is 17.2 Å². The summed E-state index contributed by atoms with van der Waals surface area (Å²) in [5.74, 6) is 1.08. The van der Waals surface area contributed by atoms with Gasteiger partial charge in [-0.25, -0.2) is 8.42 Å². The van der Waals surface area contributed by atoms with Crippen molar-refractivity contribution in [3.63, 3.8) is 0 Å². The highest BCUT2D eigenvalue weighted by Gasteiger charge is 2.39. The van der Waals surface area contributed by atoms with Crippen LogP contribution in [0.1, 0.15) is 12.5 Å². The second-order valence-electron chi connectivity index (χ2n) is 7.23. The third-order valence-corrected chi connectivity index (χ3v) is 8.04. The molecule has 0 fully saturated rings. The number of amidine groups is 2. The van der Waals surface area contributed by atoms with Crippen molar-refractivity contribution in [3.05, 3.63) is 59.7 Å². The van der Waals surface area contributed by atoms with E-state index in [9.17, 15) is 13.2 Å². The van der Waals surface area contributed by atoms with E-state index in [2.05, 4.69) is 10.1 Å². The topological polar surface area (TPSA) is 131 Å². The van der Waals surface area contributed by atoms with E-state index >= 15 is 0 Å². The van der Waals surface area contributed by atoms with Gasteiger partial charge in [-0.1, -0.05) is 19.1 Å². The van der Waals surface area contributed by atoms with Crippen LogP contribution in [0.25, 0.3) is 6.08 Å². The number of fused-ring (bicyclic) bond motifs is 1. The number of nitrogens with zero attached hydrogens (tertiary/aromatic N) is 3. The molecule has 0 spiro atoms. The van der Waals surface area contributed by atoms with Gasteiger partial charge in [0.15, 0.2) is 5.84 Å². The van der Waals surface area contributed by atoms with Crippen molar-refractivity contribution in [1.29, 1.82) is 5.41 Å². The maximum absolute atomic E-state index is 12.5. The van der Waals surface area contributed by atoms with Crippen molar-refractivity contribution in [2.75, 3.05) is 26.1 Å². The quantitative estimate of drug-likeness (QED) is 0.420. The molecule has 12 heteroatoms. The minimum atomic E-state index is -3.57. The molecule has 4 rings (SSSR count). The first-order valence-corrected chi connectivity index (χ1v) is 13.0. The second-order valence-corrected chi connectivity index (χ2v) is 10.6. The summed E-state index contributed by atoms with van der Waals surface area (Å²) in [6, 6.07) is 14.2. The highest BCUT2D eigenvalue weighted by atomic mass is 32.3. The predicted octanol–water partition coefficient (Wildman–Crippen LogP) is 3.16. The maximum atomic E-state index is 12.5. The molecule has 10 nitrogen and oxygen atoms in total. The Hall–Kier alpha value is -3.64. The Morgan fingerprint density at radius 3 is 2.14 bits per heavy atom. The van der Waals surface area contributed by atoms with Crippen molar-refractivity contribution in [2.24, 2.45) is 10.1 Å². The number of carbonyl (C=O) groups is 1. The number of amides is 1. The van der Waals surface area contributed by atoms with Gasteiger partial charge in [0.1, 0.15) is 30.5 Å². The third-order valence-electron chi connectivity index (χ3n) is 4.95. The van der Waals surface area contributed by atoms with Crippen LogP contribution >= 0.6 is 11.8 Å². The van der Waals surface area contributed by atoms with E-state index in [1.165, 1.54) is 13.0 Å². The number of rotatable bonds is 8. The molecule has 0 aromatic heterocycles. The van der Waals surface area contributed by atoms with Crippen LogP contribution in [-0.2, 0) is 14.6 Å². The van der Waals surface area contributed by atoms with Gasteiger partial charge in [0.2, 0.25) is 19.4 Å². The SMILES string of the molecule is CCS(=O)(=O)C1=NN2C(=N)/C(=C\c3ccc(OCCOc4ccc(OC)cc4)cc3)C(=O)N=C2S1. The summed E-state index contributed by atoms with van der Waals surface area (Å²) in [6.45, 7) is 2.19. The number of benzene rings is 2. The smallest absolute Gasteiger partial charge is 0.283 e. The molecular formula is C23H22N4O6S2. The summed E-state index contributed by atoms with van der Waals surface area (Å²) in [5, 5.41) is 13.5. The zero-order valence-electron chi connectivity index (χ0n) is 18.9. The van der Waals surface area contributed by atoms with Crippen LogP contribution in [0.2, 0.25) is 0 Å². The fourth-order valence-corrected chi connectivity index (χ4v) is 5.21. The van der Waals surface area contributed by atoms with E-state index in [-0.39, 0.29) is 26.7 Å². The van der Waals surface area contributed by atoms with Gasteiger partial charge in [-0.05, 0) is 59.8 Å². The summed E-state index contributed by atoms with van der Waals surface area (Å²) < 4.78 is 40.4. The summed E-state index contributed by atoms with van der Waals surface area (Å²) in [5.41, 5.74) is 0.658. The summed E-state index contributed by atoms with van der Waals surface area (Å²) in [6.07, 6.45) is 1.51. The van der Waals surface area contributed by atoms with E-state index in [4.69, 9.17) is 19.6 Å². The third kappa shape index (κ3) is 5.54. The molecule has 0 saturated heterocycles. The number of methoxy groups -OCH3 is 1. The van der Waals surface area contributed by atoms with E-state index in [1.807, 2.05) is 24.3 Å². The highest BCUT2D eigenvalue weighted by molar-refractivity contribution is 8.42. The Labute approximate surface area is 206 Å². The fourth-order valence-electron chi connectivity index (χ4n) is 3.04. The monoisotopic (exact) mass is 514 g/mol. The Bertz CT molecular complexity index is 1330. The van der Waals surface area contributed by atoms with Crippen LogP contribution in [0.15, 0.2) is 64.2 Å². The van der Waals surface area contributed by atoms with Crippen LogP contribution in [0.3, 0.4) is 0 Å². The van der Waals surface area contributed by atoms with Crippen molar-refractivity contribution >= 4 is 49.0 Å². The van der Waals surface area contributed by atoms with Gasteiger partial charge < -0.3 is 14.2 Å². The van der Waals surface area contributed by atoms with Gasteiger partial charge in [0.05, 0.1) is 18.4 Å². The number of hydrogen-bond acceptors (Lipinski definition) is 9. The van der Waals surface area contributed by atoms with Crippen molar-refractivity contribution < 1.29 is 27.4 Å². The molecule has 0 unspecified atom stereocenters. The predicted molar refractivity (Wildman–Crippen MR) is 135 cm³/mol. The number of thioether (sulfide) groups is 1. The first kappa shape index (κ1) is 24.5. The molecule has 1 N–H and O–H groups in total. The minimum Gasteiger partial charge on any atom is -0.497 e. The number of ether oxygens (including phenoxy) is 3. The average Bonchev–Trinajstić information content (AvgIpc) is 3.31. The van der Waals surface area contributed by atoms with E-state index in [1.54, 1.807) is 31.4 Å². The minimum absolute atomic E-state index is 0.00908. The number of nitrogens with one attached hydrogen (secondary N) is 1. The molecular weight excluding hydrogens is 492 g/mol. The van der Waals surface area contributed by atoms with Gasteiger partial charge in [-0.2, -0.15) is 10.0 Å². The number of hydrogen-bond donors (Lipinski definition) is 1. The Morgan fingerprint density at radius 2 is 1.57 bits per heavy atom. The van der Waals surface area contributed by atoms with Crippen LogP contribution < -0.4 is 14.2 Å². The zero-order chi connectivity index (χ0) is 25.0. The molecule has 0 aliphatic carbocycles. The number of carbonyl (C=O) groups excluding carboxylic acids is 1. The lowest BCUT2D eigenvalue weighted by molar-refractivity contribution is -0.114. The summed E-state index contributed by atoms with van der Waals surface area (Å²) in [4.78, 5) is 16.4. The molecule has 0 radical (unpaired) electrons. The van der Waals surface area contributed by atoms with Crippen molar-refractivity contribution in [2.45, 2.75) is 6.92 Å². The van der Waals surface area contributed by atoms with Gasteiger partial charge in [0, 0.05) is 0 Å². The molecule has 2 aromatic carbocycles. The molecule has 182 valence electrons. The molecule has 0 atom stereocenters. The maximum Gasteiger partial charge on any atom is 0.283 e. The Kier molecular flexibility index (Phi) is 7.22. The lowest BCUT2D eigenvalue weighted by Crippen LogP contribution is -2.35. The van der Waals surface area contributed by atoms with Gasteiger partial charge >= 0.3 is 0 Å². The Morgan fingerprint density at radius 1 is 1.00 bits per heavy atom. The van der Waals surface area contributed by atoms with Crippen LogP contribution in [0, 0.1) is 5.41 Å². The van der Waals surface area contributed by atoms with Gasteiger partial charge in [-0.15, -0.1) is 5.10 Å². The number of hydrazone groups is 1. The normalized spacial score (nSPS) is 16.6. The molecule has 2 aromatic rings. The summed E-state index contributed by atoms with van der Waals surface area (Å²) >= 11 is 0.770. The van der Waals surface area contributed by atoms with Crippen LogP contribution in [0.4, 0.5) is 0 Å². The summed E-state index contributed by atoms with van der Waals surface area (Å²) in [7, 11) is -1.97. The standard InChI is InChI=1S/C23H22N4O6S2/c1-3-35(29,30)23-26-27-20(24)19(21(28)25-22(27)34-23)14-15-4-6-17(7-5-15)32-12-13-33-18-10-8-16(31-2)9-11-18/h4-11,14,24H,3,12-13H2,1-2H3/b19-14+,24-20?. The molecule has 1 amide bonds. The lowest BCUT2D eigenvalue weighted by Gasteiger charge is -2.20. The number of aliphatic imine (C=N–C) groups is 1. The second kappa shape index (κ2) is 10.3. The molecule has 2 aliphatic rings. The molecule has 0 bridgehead atoms. The van der Waals surface area contributed by atoms with Gasteiger partial charge in [-0.3, -0.25) is 10.2 Å². The molecule has 0 saturated carbocycles. The Balaban J connectivity index is 1.37. The zero-order valence-corrected chi connectivity index (χ0v) is 20.6. The molecule has 2 aliphatic heterocycles. The largest absolute Gasteiger partial charge is 0.497 e. The first-order valence-electron chi connectivity index (χ1n) is 10.5. The fraction of sp³-hybridized carbons (Fsp3) is 0.217. The van der Waals surface area contributed by atoms with Crippen molar-refractivity contribution in [3.8, 4) is 17.2 Å². The van der Waals surface area contributed by atoms with E-state index in [0.717, 1.165) is 22.5 Å². The lowest BCUT2D eigenvalue weighted by atomic mass is 10.1. The molecule has 35 heavy (non-hydrogen) atoms. The first-order chi connectivity index (χ1) is 16.8. The van der Waals surface area contributed by atoms with E-state index in [0.29, 0.717) is 30.3 Å². The van der Waals surface area contributed by atoms with E-state index < -0.39 is 15.7 Å². The average molecular weight is 515 g/mol. The van der Waals surface area contributed by atoms with Crippen molar-refractivity contribution in [1.82, 2.24) is 5.01 Å². The van der Waals surface area contributed by atoms with Gasteiger partial charge in [0.25, 0.3) is 5.91 Å². The number of sulfone groups is 1. The highest BCUT2D eigenvalue weighted by Crippen LogP contribution is 2.30. The van der Waals surface area contributed by atoms with Crippen LogP contribution in [-0.4, -0.2) is 60.8 Å².